The monoisotopic (exact) mass is 294 g/mol. The van der Waals surface area contributed by atoms with Gasteiger partial charge in [0.05, 0.1) is 12.4 Å². The van der Waals surface area contributed by atoms with E-state index in [4.69, 9.17) is 0 Å². The highest BCUT2D eigenvalue weighted by atomic mass is 19.1. The molecular formula is C19H19FN2. The van der Waals surface area contributed by atoms with E-state index in [9.17, 15) is 4.39 Å². The zero-order chi connectivity index (χ0) is 14.9. The van der Waals surface area contributed by atoms with Crippen LogP contribution in [0.25, 0.3) is 5.70 Å². The van der Waals surface area contributed by atoms with E-state index in [1.165, 1.54) is 29.9 Å². The SMILES string of the molecule is Fc1ccc(C2=C3CCCCN3CN2c2ccccc2)cc1. The van der Waals surface area contributed by atoms with Crippen molar-refractivity contribution >= 4 is 11.4 Å². The number of piperidine rings is 1. The Hall–Kier alpha value is -2.29. The van der Waals surface area contributed by atoms with Crippen LogP contribution < -0.4 is 4.90 Å². The predicted molar refractivity (Wildman–Crippen MR) is 87.7 cm³/mol. The van der Waals surface area contributed by atoms with Crippen LogP contribution in [-0.4, -0.2) is 18.1 Å². The molecule has 0 unspecified atom stereocenters. The largest absolute Gasteiger partial charge is 0.355 e. The highest BCUT2D eigenvalue weighted by molar-refractivity contribution is 5.83. The van der Waals surface area contributed by atoms with E-state index in [-0.39, 0.29) is 5.82 Å². The van der Waals surface area contributed by atoms with Gasteiger partial charge in [-0.1, -0.05) is 18.2 Å². The topological polar surface area (TPSA) is 6.48 Å². The molecule has 0 radical (unpaired) electrons. The zero-order valence-electron chi connectivity index (χ0n) is 12.5. The van der Waals surface area contributed by atoms with Crippen molar-refractivity contribution in [3.8, 4) is 0 Å². The van der Waals surface area contributed by atoms with Gasteiger partial charge in [-0.2, -0.15) is 0 Å². The Morgan fingerprint density at radius 1 is 0.864 bits per heavy atom. The molecule has 22 heavy (non-hydrogen) atoms. The molecule has 112 valence electrons. The van der Waals surface area contributed by atoms with E-state index in [0.717, 1.165) is 25.2 Å². The second-order valence-electron chi connectivity index (χ2n) is 5.93. The standard InChI is InChI=1S/C19H19FN2/c20-16-11-9-15(10-12-16)19-18-8-4-5-13-21(18)14-22(19)17-6-2-1-3-7-17/h1-3,6-7,9-12H,4-5,8,13-14H2. The van der Waals surface area contributed by atoms with Crippen LogP contribution in [0, 0.1) is 5.82 Å². The number of anilines is 1. The minimum atomic E-state index is -0.181. The van der Waals surface area contributed by atoms with Gasteiger partial charge in [-0.25, -0.2) is 4.39 Å². The number of rotatable bonds is 2. The van der Waals surface area contributed by atoms with E-state index in [2.05, 4.69) is 34.1 Å². The van der Waals surface area contributed by atoms with E-state index >= 15 is 0 Å². The van der Waals surface area contributed by atoms with Gasteiger partial charge >= 0.3 is 0 Å². The zero-order valence-corrected chi connectivity index (χ0v) is 12.5. The Morgan fingerprint density at radius 3 is 2.41 bits per heavy atom. The van der Waals surface area contributed by atoms with Crippen molar-refractivity contribution in [2.75, 3.05) is 18.1 Å². The highest BCUT2D eigenvalue weighted by Gasteiger charge is 2.31. The van der Waals surface area contributed by atoms with Gasteiger partial charge in [0, 0.05) is 23.5 Å². The first-order chi connectivity index (χ1) is 10.8. The fourth-order valence-electron chi connectivity index (χ4n) is 3.46. The van der Waals surface area contributed by atoms with Gasteiger partial charge in [0.25, 0.3) is 0 Å². The molecule has 2 aliphatic rings. The van der Waals surface area contributed by atoms with Gasteiger partial charge in [0.15, 0.2) is 0 Å². The number of benzene rings is 2. The predicted octanol–water partition coefficient (Wildman–Crippen LogP) is 4.46. The van der Waals surface area contributed by atoms with Crippen LogP contribution in [0.2, 0.25) is 0 Å². The molecule has 2 aliphatic heterocycles. The number of hydrogen-bond donors (Lipinski definition) is 0. The lowest BCUT2D eigenvalue weighted by Crippen LogP contribution is -2.30. The van der Waals surface area contributed by atoms with Crippen LogP contribution in [0.3, 0.4) is 0 Å². The molecule has 0 bridgehead atoms. The summed E-state index contributed by atoms with van der Waals surface area (Å²) in [5.41, 5.74) is 4.95. The summed E-state index contributed by atoms with van der Waals surface area (Å²) in [6.45, 7) is 2.01. The molecule has 1 saturated heterocycles. The number of nitrogens with zero attached hydrogens (tertiary/aromatic N) is 2. The van der Waals surface area contributed by atoms with Gasteiger partial charge < -0.3 is 9.80 Å². The van der Waals surface area contributed by atoms with Gasteiger partial charge in [-0.3, -0.25) is 0 Å². The molecule has 0 N–H and O–H groups in total. The summed E-state index contributed by atoms with van der Waals surface area (Å²) in [6.07, 6.45) is 3.60. The second-order valence-corrected chi connectivity index (χ2v) is 5.93. The third-order valence-corrected chi connectivity index (χ3v) is 4.51. The van der Waals surface area contributed by atoms with Gasteiger partial charge in [0.2, 0.25) is 0 Å². The summed E-state index contributed by atoms with van der Waals surface area (Å²) >= 11 is 0. The van der Waals surface area contributed by atoms with E-state index in [1.807, 2.05) is 18.2 Å². The highest BCUT2D eigenvalue weighted by Crippen LogP contribution is 2.39. The third-order valence-electron chi connectivity index (χ3n) is 4.51. The van der Waals surface area contributed by atoms with Crippen molar-refractivity contribution < 1.29 is 4.39 Å². The molecule has 0 amide bonds. The Morgan fingerprint density at radius 2 is 1.64 bits per heavy atom. The second kappa shape index (κ2) is 5.48. The van der Waals surface area contributed by atoms with Crippen LogP contribution in [0.1, 0.15) is 24.8 Å². The molecule has 0 aliphatic carbocycles. The van der Waals surface area contributed by atoms with Gasteiger partial charge in [0.1, 0.15) is 5.82 Å². The van der Waals surface area contributed by atoms with E-state index in [0.29, 0.717) is 0 Å². The molecule has 0 aromatic heterocycles. The molecule has 2 nitrogen and oxygen atoms in total. The van der Waals surface area contributed by atoms with Crippen molar-refractivity contribution in [3.63, 3.8) is 0 Å². The molecule has 0 atom stereocenters. The normalized spacial score (nSPS) is 17.9. The lowest BCUT2D eigenvalue weighted by atomic mass is 10.0. The molecular weight excluding hydrogens is 275 g/mol. The summed E-state index contributed by atoms with van der Waals surface area (Å²) in [5, 5.41) is 0. The first-order valence-corrected chi connectivity index (χ1v) is 7.89. The van der Waals surface area contributed by atoms with Crippen molar-refractivity contribution in [2.24, 2.45) is 0 Å². The molecule has 2 aromatic carbocycles. The van der Waals surface area contributed by atoms with Crippen LogP contribution in [0.4, 0.5) is 10.1 Å². The van der Waals surface area contributed by atoms with Crippen LogP contribution >= 0.6 is 0 Å². The molecule has 0 saturated carbocycles. The van der Waals surface area contributed by atoms with Crippen molar-refractivity contribution in [3.05, 3.63) is 71.7 Å². The molecule has 2 aromatic rings. The Balaban J connectivity index is 1.82. The van der Waals surface area contributed by atoms with Crippen molar-refractivity contribution in [1.82, 2.24) is 4.90 Å². The number of para-hydroxylation sites is 1. The molecule has 1 fully saturated rings. The summed E-state index contributed by atoms with van der Waals surface area (Å²) in [7, 11) is 0. The van der Waals surface area contributed by atoms with Crippen LogP contribution in [-0.2, 0) is 0 Å². The maximum Gasteiger partial charge on any atom is 0.123 e. The summed E-state index contributed by atoms with van der Waals surface area (Å²) in [5.74, 6) is -0.181. The molecule has 2 heterocycles. The van der Waals surface area contributed by atoms with Crippen molar-refractivity contribution in [2.45, 2.75) is 19.3 Å². The van der Waals surface area contributed by atoms with E-state index in [1.54, 1.807) is 12.1 Å². The molecule has 3 heteroatoms. The molecule has 4 rings (SSSR count). The maximum absolute atomic E-state index is 13.3. The van der Waals surface area contributed by atoms with Crippen LogP contribution in [0.15, 0.2) is 60.3 Å². The number of halogens is 1. The lowest BCUT2D eigenvalue weighted by Gasteiger charge is -2.27. The quantitative estimate of drug-likeness (QED) is 0.807. The van der Waals surface area contributed by atoms with Crippen LogP contribution in [0.5, 0.6) is 0 Å². The number of allylic oxidation sites excluding steroid dienone is 1. The third kappa shape index (κ3) is 2.27. The van der Waals surface area contributed by atoms with Gasteiger partial charge in [-0.05, 0) is 55.7 Å². The fourth-order valence-corrected chi connectivity index (χ4v) is 3.46. The fraction of sp³-hybridized carbons (Fsp3) is 0.263. The summed E-state index contributed by atoms with van der Waals surface area (Å²) in [6, 6.07) is 17.4. The number of hydrogen-bond acceptors (Lipinski definition) is 2. The first-order valence-electron chi connectivity index (χ1n) is 7.89. The Kier molecular flexibility index (Phi) is 3.34. The van der Waals surface area contributed by atoms with E-state index < -0.39 is 0 Å². The maximum atomic E-state index is 13.3. The summed E-state index contributed by atoms with van der Waals surface area (Å²) in [4.78, 5) is 4.82. The molecule has 0 spiro atoms. The van der Waals surface area contributed by atoms with Gasteiger partial charge in [-0.15, -0.1) is 0 Å². The minimum absolute atomic E-state index is 0.181. The average Bonchev–Trinajstić information content (AvgIpc) is 2.96. The Bertz CT molecular complexity index is 691. The lowest BCUT2D eigenvalue weighted by molar-refractivity contribution is 0.318. The number of fused-ring (bicyclic) bond motifs is 1. The smallest absolute Gasteiger partial charge is 0.123 e. The minimum Gasteiger partial charge on any atom is -0.355 e. The summed E-state index contributed by atoms with van der Waals surface area (Å²) < 4.78 is 13.3. The first kappa shape index (κ1) is 13.4. The van der Waals surface area contributed by atoms with Crippen molar-refractivity contribution in [1.29, 1.82) is 0 Å². The Labute approximate surface area is 130 Å². The average molecular weight is 294 g/mol.